The van der Waals surface area contributed by atoms with Gasteiger partial charge in [0.15, 0.2) is 10.8 Å². The van der Waals surface area contributed by atoms with E-state index in [0.717, 1.165) is 10.8 Å². The van der Waals surface area contributed by atoms with Gasteiger partial charge >= 0.3 is 0 Å². The molecule has 0 fully saturated rings. The Kier molecular flexibility index (Phi) is 0.0822. The summed E-state index contributed by atoms with van der Waals surface area (Å²) >= 11 is 0. The Hall–Kier alpha value is -0.720. The summed E-state index contributed by atoms with van der Waals surface area (Å²) < 4.78 is 4.75. The molecule has 0 spiro atoms. The van der Waals surface area contributed by atoms with Crippen molar-refractivity contribution in [1.29, 1.82) is 0 Å². The van der Waals surface area contributed by atoms with Gasteiger partial charge in [-0.05, 0) is 12.1 Å². The summed E-state index contributed by atoms with van der Waals surface area (Å²) in [4.78, 5) is 0. The number of rotatable bonds is 0. The van der Waals surface area contributed by atoms with Crippen LogP contribution in [0.1, 0.15) is 0 Å². The Labute approximate surface area is 28.5 Å². The molecule has 1 heterocycles. The van der Waals surface area contributed by atoms with Crippen molar-refractivity contribution in [3.63, 3.8) is 0 Å². The van der Waals surface area contributed by atoms with Crippen LogP contribution < -0.4 is 0 Å². The van der Waals surface area contributed by atoms with Gasteiger partial charge in [-0.25, -0.2) is 0 Å². The molecule has 1 nitrogen and oxygen atoms in total. The van der Waals surface area contributed by atoms with E-state index in [9.17, 15) is 0 Å². The van der Waals surface area contributed by atoms with Crippen molar-refractivity contribution < 1.29 is 4.42 Å². The quantitative estimate of drug-likeness (QED) is 0.445. The maximum absolute atomic E-state index is 4.75. The molecular formula is C4H2O. The zero-order chi connectivity index (χ0) is 3.28. The Bertz CT molecular complexity index is 198. The first-order valence-electron chi connectivity index (χ1n) is 1.57. The summed E-state index contributed by atoms with van der Waals surface area (Å²) in [7, 11) is 0. The highest BCUT2D eigenvalue weighted by Gasteiger charge is 1.99. The minimum atomic E-state index is 1.09. The molecule has 1 heteroatoms. The molecule has 0 bridgehead atoms. The van der Waals surface area contributed by atoms with Gasteiger partial charge in [0.1, 0.15) is 0 Å². The van der Waals surface area contributed by atoms with Crippen LogP contribution in [0.5, 0.6) is 0 Å². The van der Waals surface area contributed by atoms with Crippen LogP contribution in [0.2, 0.25) is 0 Å². The minimum Gasteiger partial charge on any atom is -0.450 e. The maximum atomic E-state index is 4.75. The molecule has 2 aliphatic rings. The summed E-state index contributed by atoms with van der Waals surface area (Å²) in [6.07, 6.45) is 0. The SMILES string of the molecule is c1cc2oc1=2. The summed E-state index contributed by atoms with van der Waals surface area (Å²) in [6, 6.07) is 3.91. The lowest BCUT2D eigenvalue weighted by Crippen LogP contribution is -1.46. The van der Waals surface area contributed by atoms with E-state index in [1.807, 2.05) is 12.1 Å². The van der Waals surface area contributed by atoms with Crippen LogP contribution in [0.4, 0.5) is 0 Å². The summed E-state index contributed by atoms with van der Waals surface area (Å²) in [5, 5.41) is 0. The lowest BCUT2D eigenvalue weighted by atomic mass is 10.4. The van der Waals surface area contributed by atoms with Gasteiger partial charge in [0.05, 0.1) is 0 Å². The van der Waals surface area contributed by atoms with Crippen LogP contribution >= 0.6 is 0 Å². The second-order valence-corrected chi connectivity index (χ2v) is 1.16. The number of hydrogen-bond donors (Lipinski definition) is 0. The second kappa shape index (κ2) is 0.249. The predicted octanol–water partition coefficient (Wildman–Crippen LogP) is 0.880. The first-order valence-corrected chi connectivity index (χ1v) is 1.57. The van der Waals surface area contributed by atoms with Gasteiger partial charge in [0.25, 0.3) is 0 Å². The molecule has 0 saturated carbocycles. The molecule has 0 unspecified atom stereocenters. The van der Waals surface area contributed by atoms with E-state index in [2.05, 4.69) is 0 Å². The summed E-state index contributed by atoms with van der Waals surface area (Å²) in [5.74, 6) is 0. The molecule has 5 heavy (non-hydrogen) atoms. The van der Waals surface area contributed by atoms with Crippen LogP contribution in [0.25, 0.3) is 0 Å². The zero-order valence-electron chi connectivity index (χ0n) is 2.56. The number of hydrogen-bond acceptors (Lipinski definition) is 1. The largest absolute Gasteiger partial charge is 0.450 e. The van der Waals surface area contributed by atoms with E-state index >= 15 is 0 Å². The van der Waals surface area contributed by atoms with Crippen molar-refractivity contribution in [1.82, 2.24) is 0 Å². The fourth-order valence-electron chi connectivity index (χ4n) is 0.380. The Morgan fingerprint density at radius 1 is 1.20 bits per heavy atom. The summed E-state index contributed by atoms with van der Waals surface area (Å²) in [5.41, 5.74) is 2.18. The monoisotopic (exact) mass is 66.0 g/mol. The smallest absolute Gasteiger partial charge is 0.170 e. The molecule has 0 N–H and O–H groups in total. The van der Waals surface area contributed by atoms with Crippen LogP contribution in [-0.4, -0.2) is 0 Å². The fraction of sp³-hybridized carbons (Fsp3) is 0. The standard InChI is InChI=1S/C4H2O/c1-2-4-3(1)5-4/h1-2H. The van der Waals surface area contributed by atoms with Gasteiger partial charge in [0, 0.05) is 0 Å². The third-order valence-electron chi connectivity index (χ3n) is 0.807. The predicted molar refractivity (Wildman–Crippen MR) is 16.4 cm³/mol. The molecule has 0 radical (unpaired) electrons. The molecule has 0 aromatic carbocycles. The van der Waals surface area contributed by atoms with Gasteiger partial charge < -0.3 is 4.42 Å². The lowest BCUT2D eigenvalue weighted by Gasteiger charge is -1.51. The molecule has 2 rings (SSSR count). The Balaban J connectivity index is 3.52. The molecule has 0 saturated heterocycles. The highest BCUT2D eigenvalue weighted by atomic mass is 16.4. The first kappa shape index (κ1) is 1.65. The maximum Gasteiger partial charge on any atom is 0.170 e. The first-order chi connectivity index (χ1) is 2.47. The van der Waals surface area contributed by atoms with E-state index in [4.69, 9.17) is 4.42 Å². The number of furan rings is 1. The van der Waals surface area contributed by atoms with Crippen molar-refractivity contribution >= 4 is 0 Å². The second-order valence-electron chi connectivity index (χ2n) is 1.16. The van der Waals surface area contributed by atoms with Crippen molar-refractivity contribution in [3.8, 4) is 0 Å². The molecule has 0 amide bonds. The van der Waals surface area contributed by atoms with Crippen LogP contribution in [0.3, 0.4) is 0 Å². The van der Waals surface area contributed by atoms with Gasteiger partial charge in [-0.15, -0.1) is 0 Å². The topological polar surface area (TPSA) is 13.1 Å². The minimum absolute atomic E-state index is 1.09. The third-order valence-corrected chi connectivity index (χ3v) is 0.807. The molecule has 1 aliphatic carbocycles. The highest BCUT2D eigenvalue weighted by Crippen LogP contribution is 2.08. The van der Waals surface area contributed by atoms with E-state index in [1.165, 1.54) is 0 Å². The molecule has 24 valence electrons. The van der Waals surface area contributed by atoms with Gasteiger partial charge in [-0.3, -0.25) is 0 Å². The van der Waals surface area contributed by atoms with Crippen LogP contribution in [0.15, 0.2) is 16.5 Å². The zero-order valence-corrected chi connectivity index (χ0v) is 2.56. The van der Waals surface area contributed by atoms with Crippen molar-refractivity contribution in [2.24, 2.45) is 0 Å². The normalized spacial score (nSPS) is 12.0. The molecule has 1 aliphatic heterocycles. The van der Waals surface area contributed by atoms with Crippen LogP contribution in [-0.2, 0) is 0 Å². The van der Waals surface area contributed by atoms with Gasteiger partial charge in [0.2, 0.25) is 0 Å². The fourth-order valence-corrected chi connectivity index (χ4v) is 0.380. The molecule has 0 atom stereocenters. The third kappa shape index (κ3) is 0.0509. The van der Waals surface area contributed by atoms with Crippen molar-refractivity contribution in [2.75, 3.05) is 0 Å². The van der Waals surface area contributed by atoms with E-state index in [-0.39, 0.29) is 0 Å². The van der Waals surface area contributed by atoms with Gasteiger partial charge in [-0.2, -0.15) is 0 Å². The molecule has 0 aromatic rings. The average Bonchev–Trinajstić information content (AvgIpc) is 1.74. The Morgan fingerprint density at radius 3 is 1.80 bits per heavy atom. The molecular weight excluding hydrogens is 64.0 g/mol. The molecule has 0 aromatic heterocycles. The lowest BCUT2D eigenvalue weighted by molar-refractivity contribution is 0.651. The highest BCUT2D eigenvalue weighted by molar-refractivity contribution is 5.05. The van der Waals surface area contributed by atoms with E-state index in [1.54, 1.807) is 0 Å². The Morgan fingerprint density at radius 2 is 1.80 bits per heavy atom. The van der Waals surface area contributed by atoms with Crippen molar-refractivity contribution in [3.05, 3.63) is 23.0 Å². The van der Waals surface area contributed by atoms with Crippen LogP contribution in [0, 0.1) is 10.8 Å². The van der Waals surface area contributed by atoms with Gasteiger partial charge in [-0.1, -0.05) is 0 Å². The van der Waals surface area contributed by atoms with Crippen molar-refractivity contribution in [2.45, 2.75) is 0 Å². The summed E-state index contributed by atoms with van der Waals surface area (Å²) in [6.45, 7) is 0. The van der Waals surface area contributed by atoms with E-state index < -0.39 is 0 Å². The average molecular weight is 66.1 g/mol. The van der Waals surface area contributed by atoms with E-state index in [0.29, 0.717) is 0 Å².